The number of allylic oxidation sites excluding steroid dienone is 2. The molecule has 0 bridgehead atoms. The average molecular weight is 252 g/mol. The lowest BCUT2D eigenvalue weighted by Gasteiger charge is -2.28. The van der Waals surface area contributed by atoms with Crippen molar-refractivity contribution in [3.05, 3.63) is 24.6 Å². The van der Waals surface area contributed by atoms with Crippen molar-refractivity contribution in [1.29, 1.82) is 0 Å². The van der Waals surface area contributed by atoms with Gasteiger partial charge in [-0.25, -0.2) is 0 Å². The average Bonchev–Trinajstić information content (AvgIpc) is 2.81. The number of hydrogen-bond acceptors (Lipinski definition) is 3. The van der Waals surface area contributed by atoms with Crippen LogP contribution in [0.5, 0.6) is 0 Å². The van der Waals surface area contributed by atoms with Crippen molar-refractivity contribution in [3.63, 3.8) is 0 Å². The van der Waals surface area contributed by atoms with Crippen LogP contribution >= 0.6 is 0 Å². The largest absolute Gasteiger partial charge is 0.374 e. The summed E-state index contributed by atoms with van der Waals surface area (Å²) in [7, 11) is 0. The zero-order valence-electron chi connectivity index (χ0n) is 11.8. The molecule has 1 aliphatic rings. The number of nitrogens with one attached hydrogen (secondary N) is 1. The van der Waals surface area contributed by atoms with Crippen LogP contribution < -0.4 is 5.32 Å². The lowest BCUT2D eigenvalue weighted by molar-refractivity contribution is 0.0255. The third kappa shape index (κ3) is 5.58. The molecule has 1 rings (SSSR count). The van der Waals surface area contributed by atoms with E-state index in [0.29, 0.717) is 0 Å². The molecule has 3 nitrogen and oxygen atoms in total. The van der Waals surface area contributed by atoms with Crippen molar-refractivity contribution in [2.24, 2.45) is 0 Å². The van der Waals surface area contributed by atoms with Gasteiger partial charge in [0.05, 0.1) is 0 Å². The zero-order chi connectivity index (χ0) is 13.2. The van der Waals surface area contributed by atoms with Crippen molar-refractivity contribution in [1.82, 2.24) is 10.2 Å². The van der Waals surface area contributed by atoms with Crippen molar-refractivity contribution in [3.8, 4) is 0 Å². The Bertz CT molecular complexity index is 261. The van der Waals surface area contributed by atoms with Gasteiger partial charge in [-0.2, -0.15) is 0 Å². The minimum Gasteiger partial charge on any atom is -0.374 e. The molecule has 0 spiro atoms. The van der Waals surface area contributed by atoms with E-state index >= 15 is 0 Å². The van der Waals surface area contributed by atoms with E-state index in [4.69, 9.17) is 0 Å². The van der Waals surface area contributed by atoms with E-state index in [9.17, 15) is 5.11 Å². The Morgan fingerprint density at radius 3 is 2.67 bits per heavy atom. The predicted octanol–water partition coefficient (Wildman–Crippen LogP) is 3.33. The predicted molar refractivity (Wildman–Crippen MR) is 76.7 cm³/mol. The first-order chi connectivity index (χ1) is 8.75. The first-order valence-electron chi connectivity index (χ1n) is 7.29. The molecule has 0 radical (unpaired) electrons. The summed E-state index contributed by atoms with van der Waals surface area (Å²) in [5.74, 6) is 0. The third-order valence-corrected chi connectivity index (χ3v) is 3.32. The minimum atomic E-state index is -0.407. The Labute approximate surface area is 112 Å². The molecule has 18 heavy (non-hydrogen) atoms. The monoisotopic (exact) mass is 252 g/mol. The summed E-state index contributed by atoms with van der Waals surface area (Å²) >= 11 is 0. The van der Waals surface area contributed by atoms with Gasteiger partial charge in [0, 0.05) is 12.4 Å². The second kappa shape index (κ2) is 9.03. The van der Waals surface area contributed by atoms with Crippen LogP contribution in [-0.4, -0.2) is 22.4 Å². The van der Waals surface area contributed by atoms with E-state index in [2.05, 4.69) is 24.4 Å². The maximum atomic E-state index is 9.57. The Morgan fingerprint density at radius 1 is 1.28 bits per heavy atom. The molecule has 2 N–H and O–H groups in total. The smallest absolute Gasteiger partial charge is 0.125 e. The van der Waals surface area contributed by atoms with Gasteiger partial charge in [-0.3, -0.25) is 0 Å². The Hall–Kier alpha value is -0.960. The van der Waals surface area contributed by atoms with Gasteiger partial charge in [-0.15, -0.1) is 0 Å². The number of rotatable bonds is 9. The van der Waals surface area contributed by atoms with Crippen LogP contribution in [0.2, 0.25) is 0 Å². The van der Waals surface area contributed by atoms with Crippen molar-refractivity contribution in [2.75, 3.05) is 0 Å². The summed E-state index contributed by atoms with van der Waals surface area (Å²) in [6.45, 7) is 4.03. The second-order valence-electron chi connectivity index (χ2n) is 4.98. The summed E-state index contributed by atoms with van der Waals surface area (Å²) in [6, 6.07) is 0. The first-order valence-corrected chi connectivity index (χ1v) is 7.29. The van der Waals surface area contributed by atoms with Crippen molar-refractivity contribution in [2.45, 2.75) is 71.2 Å². The second-order valence-corrected chi connectivity index (χ2v) is 4.98. The van der Waals surface area contributed by atoms with E-state index in [1.807, 2.05) is 17.3 Å². The van der Waals surface area contributed by atoms with Gasteiger partial charge in [0.1, 0.15) is 12.4 Å². The van der Waals surface area contributed by atoms with Gasteiger partial charge in [-0.05, 0) is 39.0 Å². The number of aliphatic hydroxyl groups excluding tert-OH is 1. The molecule has 1 aliphatic heterocycles. The van der Waals surface area contributed by atoms with Crippen LogP contribution in [0.25, 0.3) is 0 Å². The highest BCUT2D eigenvalue weighted by Crippen LogP contribution is 2.15. The fraction of sp³-hybridized carbons (Fsp3) is 0.733. The fourth-order valence-corrected chi connectivity index (χ4v) is 2.21. The molecule has 0 saturated carbocycles. The summed E-state index contributed by atoms with van der Waals surface area (Å²) in [5, 5.41) is 12.8. The maximum Gasteiger partial charge on any atom is 0.125 e. The molecule has 0 amide bonds. The van der Waals surface area contributed by atoms with E-state index in [0.717, 1.165) is 6.42 Å². The topological polar surface area (TPSA) is 35.5 Å². The molecule has 0 saturated heterocycles. The summed E-state index contributed by atoms with van der Waals surface area (Å²) in [5.41, 5.74) is 0. The quantitative estimate of drug-likeness (QED) is 0.488. The van der Waals surface area contributed by atoms with E-state index in [1.54, 1.807) is 6.92 Å². The lowest BCUT2D eigenvalue weighted by Crippen LogP contribution is -2.40. The Kier molecular flexibility index (Phi) is 7.58. The third-order valence-electron chi connectivity index (χ3n) is 3.32. The van der Waals surface area contributed by atoms with Gasteiger partial charge in [0.25, 0.3) is 0 Å². The number of hydrogen-bond donors (Lipinski definition) is 2. The molecule has 0 aromatic heterocycles. The van der Waals surface area contributed by atoms with Gasteiger partial charge in [-0.1, -0.05) is 31.9 Å². The van der Waals surface area contributed by atoms with Crippen LogP contribution in [0.15, 0.2) is 24.6 Å². The van der Waals surface area contributed by atoms with E-state index in [-0.39, 0.29) is 6.17 Å². The highest BCUT2D eigenvalue weighted by Gasteiger charge is 2.20. The summed E-state index contributed by atoms with van der Waals surface area (Å²) in [6.07, 6.45) is 16.8. The molecule has 1 heterocycles. The highest BCUT2D eigenvalue weighted by molar-refractivity contribution is 4.94. The Morgan fingerprint density at radius 2 is 2.00 bits per heavy atom. The van der Waals surface area contributed by atoms with Crippen LogP contribution in [0.4, 0.5) is 0 Å². The molecule has 0 aliphatic carbocycles. The standard InChI is InChI=1S/C15H28N2O/c1-3-4-5-6-7-8-9-10-11-15-16-12-13-17(15)14(2)18/h6-7,12-16,18H,3-5,8-11H2,1-2H3/b7-6+. The summed E-state index contributed by atoms with van der Waals surface area (Å²) < 4.78 is 0. The van der Waals surface area contributed by atoms with Crippen LogP contribution in [0, 0.1) is 0 Å². The van der Waals surface area contributed by atoms with Gasteiger partial charge < -0.3 is 15.3 Å². The molecule has 0 fully saturated rings. The molecule has 0 aromatic rings. The highest BCUT2D eigenvalue weighted by atomic mass is 16.3. The molecule has 0 aromatic carbocycles. The number of unbranched alkanes of at least 4 members (excludes halogenated alkanes) is 4. The van der Waals surface area contributed by atoms with Gasteiger partial charge in [0.15, 0.2) is 0 Å². The van der Waals surface area contributed by atoms with Crippen molar-refractivity contribution < 1.29 is 5.11 Å². The zero-order valence-corrected chi connectivity index (χ0v) is 11.8. The van der Waals surface area contributed by atoms with Gasteiger partial charge in [0.2, 0.25) is 0 Å². The normalized spacial score (nSPS) is 20.6. The number of aliphatic hydroxyl groups is 1. The number of nitrogens with zero attached hydrogens (tertiary/aromatic N) is 1. The van der Waals surface area contributed by atoms with Crippen LogP contribution in [0.1, 0.15) is 58.8 Å². The maximum absolute atomic E-state index is 9.57. The molecular formula is C15H28N2O. The minimum absolute atomic E-state index is 0.272. The molecule has 104 valence electrons. The first kappa shape index (κ1) is 15.1. The van der Waals surface area contributed by atoms with Crippen LogP contribution in [-0.2, 0) is 0 Å². The molecular weight excluding hydrogens is 224 g/mol. The van der Waals surface area contributed by atoms with E-state index in [1.165, 1.54) is 38.5 Å². The van der Waals surface area contributed by atoms with E-state index < -0.39 is 6.23 Å². The summed E-state index contributed by atoms with van der Waals surface area (Å²) in [4.78, 5) is 1.97. The van der Waals surface area contributed by atoms with Crippen LogP contribution in [0.3, 0.4) is 0 Å². The van der Waals surface area contributed by atoms with Crippen molar-refractivity contribution >= 4 is 0 Å². The molecule has 3 heteroatoms. The SMILES string of the molecule is CCCC/C=C/CCCCC1NC=CN1C(C)O. The molecule has 2 atom stereocenters. The fourth-order valence-electron chi connectivity index (χ4n) is 2.21. The van der Waals surface area contributed by atoms with Gasteiger partial charge >= 0.3 is 0 Å². The molecule has 2 unspecified atom stereocenters. The lowest BCUT2D eigenvalue weighted by atomic mass is 10.1. The Balaban J connectivity index is 2.03.